The van der Waals surface area contributed by atoms with Crippen molar-refractivity contribution in [3.05, 3.63) is 23.8 Å². The molecule has 0 N–H and O–H groups in total. The zero-order valence-corrected chi connectivity index (χ0v) is 15.6. The summed E-state index contributed by atoms with van der Waals surface area (Å²) in [7, 11) is 3.21. The van der Waals surface area contributed by atoms with E-state index in [1.54, 1.807) is 14.2 Å². The van der Waals surface area contributed by atoms with Crippen molar-refractivity contribution in [2.24, 2.45) is 0 Å². The number of hydrogen-bond acceptors (Lipinski definition) is 5. The van der Waals surface area contributed by atoms with E-state index in [9.17, 15) is 4.79 Å². The molecule has 2 aromatic carbocycles. The Morgan fingerprint density at radius 2 is 1.76 bits per heavy atom. The quantitative estimate of drug-likeness (QED) is 0.519. The largest absolute Gasteiger partial charge is 0.493 e. The van der Waals surface area contributed by atoms with Crippen molar-refractivity contribution in [2.45, 2.75) is 40.0 Å². The average Bonchev–Trinajstić information content (AvgIpc) is 2.60. The van der Waals surface area contributed by atoms with Gasteiger partial charge >= 0.3 is 5.97 Å². The van der Waals surface area contributed by atoms with Crippen LogP contribution in [0.25, 0.3) is 10.8 Å². The first-order valence-corrected chi connectivity index (χ1v) is 8.59. The lowest BCUT2D eigenvalue weighted by Crippen LogP contribution is -2.08. The second-order valence-electron chi connectivity index (χ2n) is 5.68. The van der Waals surface area contributed by atoms with Crippen LogP contribution >= 0.6 is 0 Å². The van der Waals surface area contributed by atoms with Crippen LogP contribution in [0, 0.1) is 0 Å². The minimum Gasteiger partial charge on any atom is -0.493 e. The fourth-order valence-corrected chi connectivity index (χ4v) is 3.00. The van der Waals surface area contributed by atoms with E-state index >= 15 is 0 Å². The lowest BCUT2D eigenvalue weighted by atomic mass is 9.98. The predicted molar refractivity (Wildman–Crippen MR) is 98.1 cm³/mol. The van der Waals surface area contributed by atoms with Crippen LogP contribution < -0.4 is 18.9 Å². The summed E-state index contributed by atoms with van der Waals surface area (Å²) in [6.07, 6.45) is 2.67. The number of methoxy groups -OCH3 is 2. The van der Waals surface area contributed by atoms with Crippen molar-refractivity contribution in [3.8, 4) is 23.0 Å². The Hall–Kier alpha value is -2.43. The Labute approximate surface area is 148 Å². The molecule has 25 heavy (non-hydrogen) atoms. The van der Waals surface area contributed by atoms with Crippen molar-refractivity contribution in [2.75, 3.05) is 20.8 Å². The maximum absolute atomic E-state index is 11.8. The molecule has 0 spiro atoms. The summed E-state index contributed by atoms with van der Waals surface area (Å²) in [5, 5.41) is 1.53. The van der Waals surface area contributed by atoms with Gasteiger partial charge in [0, 0.05) is 17.9 Å². The van der Waals surface area contributed by atoms with Gasteiger partial charge in [0.15, 0.2) is 11.5 Å². The molecule has 0 bridgehead atoms. The predicted octanol–water partition coefficient (Wildman–Crippen LogP) is 4.52. The van der Waals surface area contributed by atoms with Crippen LogP contribution in [0.1, 0.15) is 39.2 Å². The van der Waals surface area contributed by atoms with Crippen LogP contribution in [0.15, 0.2) is 18.2 Å². The van der Waals surface area contributed by atoms with Crippen LogP contribution in [-0.2, 0) is 11.2 Å². The lowest BCUT2D eigenvalue weighted by Gasteiger charge is -2.21. The summed E-state index contributed by atoms with van der Waals surface area (Å²) in [5.74, 6) is 2.01. The van der Waals surface area contributed by atoms with E-state index in [2.05, 4.69) is 6.92 Å². The highest BCUT2D eigenvalue weighted by molar-refractivity contribution is 6.02. The highest BCUT2D eigenvalue weighted by Gasteiger charge is 2.25. The Balaban J connectivity index is 2.92. The smallest absolute Gasteiger partial charge is 0.308 e. The van der Waals surface area contributed by atoms with Crippen molar-refractivity contribution < 1.29 is 23.7 Å². The van der Waals surface area contributed by atoms with Crippen LogP contribution in [0.4, 0.5) is 0 Å². The third-order valence-corrected chi connectivity index (χ3v) is 3.99. The first kappa shape index (κ1) is 18.9. The fourth-order valence-electron chi connectivity index (χ4n) is 3.00. The molecule has 0 saturated heterocycles. The summed E-state index contributed by atoms with van der Waals surface area (Å²) in [6, 6.07) is 5.67. The molecule has 0 amide bonds. The van der Waals surface area contributed by atoms with Gasteiger partial charge in [0.2, 0.25) is 0 Å². The normalized spacial score (nSPS) is 10.6. The average molecular weight is 346 g/mol. The topological polar surface area (TPSA) is 54.0 Å². The van der Waals surface area contributed by atoms with E-state index < -0.39 is 0 Å². The number of carbonyl (C=O) groups excluding carboxylic acids is 1. The third kappa shape index (κ3) is 3.81. The monoisotopic (exact) mass is 346 g/mol. The maximum atomic E-state index is 11.8. The molecule has 0 aliphatic heterocycles. The van der Waals surface area contributed by atoms with Gasteiger partial charge in [-0.15, -0.1) is 0 Å². The van der Waals surface area contributed by atoms with E-state index in [-0.39, 0.29) is 5.97 Å². The van der Waals surface area contributed by atoms with Gasteiger partial charge in [-0.1, -0.05) is 25.5 Å². The summed E-state index contributed by atoms with van der Waals surface area (Å²) >= 11 is 0. The molecule has 0 saturated carbocycles. The van der Waals surface area contributed by atoms with Gasteiger partial charge in [-0.25, -0.2) is 0 Å². The Bertz CT molecular complexity index is 752. The SMILES string of the molecule is CCCCc1c(OC)c(OC)c2cccc(OCC)c2c1OC(C)=O. The standard InChI is InChI=1S/C20H26O5/c1-6-8-10-15-18(25-13(3)21)17-14(19(22-4)20(15)23-5)11-9-12-16(17)24-7-2/h9,11-12H,6-8,10H2,1-5H3. The molecule has 5 nitrogen and oxygen atoms in total. The number of benzene rings is 2. The molecule has 0 aromatic heterocycles. The summed E-state index contributed by atoms with van der Waals surface area (Å²) < 4.78 is 22.7. The second kappa shape index (κ2) is 8.60. The summed E-state index contributed by atoms with van der Waals surface area (Å²) in [5.41, 5.74) is 0.830. The van der Waals surface area contributed by atoms with E-state index in [1.165, 1.54) is 6.92 Å². The molecule has 2 rings (SSSR count). The van der Waals surface area contributed by atoms with Crippen molar-refractivity contribution in [1.29, 1.82) is 0 Å². The van der Waals surface area contributed by atoms with Crippen LogP contribution in [0.2, 0.25) is 0 Å². The maximum Gasteiger partial charge on any atom is 0.308 e. The molecule has 0 atom stereocenters. The number of unbranched alkanes of at least 4 members (excludes halogenated alkanes) is 1. The highest BCUT2D eigenvalue weighted by Crippen LogP contribution is 2.49. The number of ether oxygens (including phenoxy) is 4. The molecular formula is C20H26O5. The van der Waals surface area contributed by atoms with Crippen molar-refractivity contribution in [3.63, 3.8) is 0 Å². The third-order valence-electron chi connectivity index (χ3n) is 3.99. The molecule has 2 aromatic rings. The minimum atomic E-state index is -0.377. The van der Waals surface area contributed by atoms with E-state index in [4.69, 9.17) is 18.9 Å². The van der Waals surface area contributed by atoms with Gasteiger partial charge in [0.1, 0.15) is 11.5 Å². The van der Waals surface area contributed by atoms with E-state index in [0.29, 0.717) is 29.6 Å². The molecular weight excluding hydrogens is 320 g/mol. The van der Waals surface area contributed by atoms with Crippen LogP contribution in [0.3, 0.4) is 0 Å². The van der Waals surface area contributed by atoms with Crippen LogP contribution in [-0.4, -0.2) is 26.8 Å². The molecule has 0 unspecified atom stereocenters. The second-order valence-corrected chi connectivity index (χ2v) is 5.68. The first-order valence-electron chi connectivity index (χ1n) is 8.59. The van der Waals surface area contributed by atoms with Gasteiger partial charge in [0.05, 0.1) is 26.2 Å². The highest BCUT2D eigenvalue weighted by atomic mass is 16.5. The van der Waals surface area contributed by atoms with Gasteiger partial charge in [-0.05, 0) is 25.8 Å². The number of carbonyl (C=O) groups is 1. The number of fused-ring (bicyclic) bond motifs is 1. The molecule has 0 aliphatic carbocycles. The summed E-state index contributed by atoms with van der Waals surface area (Å²) in [4.78, 5) is 11.8. The minimum absolute atomic E-state index is 0.377. The summed E-state index contributed by atoms with van der Waals surface area (Å²) in [6.45, 7) is 5.94. The Kier molecular flexibility index (Phi) is 6.51. The zero-order chi connectivity index (χ0) is 18.4. The molecule has 0 fully saturated rings. The van der Waals surface area contributed by atoms with Gasteiger partial charge in [-0.3, -0.25) is 4.79 Å². The molecule has 136 valence electrons. The number of hydrogen-bond donors (Lipinski definition) is 0. The number of esters is 1. The lowest BCUT2D eigenvalue weighted by molar-refractivity contribution is -0.131. The van der Waals surface area contributed by atoms with Crippen molar-refractivity contribution in [1.82, 2.24) is 0 Å². The number of rotatable bonds is 8. The Morgan fingerprint density at radius 1 is 1.04 bits per heavy atom. The molecule has 0 heterocycles. The van der Waals surface area contributed by atoms with E-state index in [0.717, 1.165) is 35.6 Å². The van der Waals surface area contributed by atoms with Crippen LogP contribution in [0.5, 0.6) is 23.0 Å². The fraction of sp³-hybridized carbons (Fsp3) is 0.450. The molecule has 0 radical (unpaired) electrons. The van der Waals surface area contributed by atoms with Gasteiger partial charge < -0.3 is 18.9 Å². The molecule has 0 aliphatic rings. The zero-order valence-electron chi connectivity index (χ0n) is 15.6. The Morgan fingerprint density at radius 3 is 2.32 bits per heavy atom. The van der Waals surface area contributed by atoms with Gasteiger partial charge in [0.25, 0.3) is 0 Å². The van der Waals surface area contributed by atoms with Crippen molar-refractivity contribution >= 4 is 16.7 Å². The molecule has 5 heteroatoms. The van der Waals surface area contributed by atoms with Gasteiger partial charge in [-0.2, -0.15) is 0 Å². The first-order chi connectivity index (χ1) is 12.1. The van der Waals surface area contributed by atoms with E-state index in [1.807, 2.05) is 25.1 Å².